The van der Waals surface area contributed by atoms with Crippen LogP contribution in [0.4, 0.5) is 5.82 Å². The van der Waals surface area contributed by atoms with Crippen molar-refractivity contribution in [3.05, 3.63) is 12.1 Å². The van der Waals surface area contributed by atoms with Crippen LogP contribution in [0.15, 0.2) is 12.1 Å². The molecule has 1 unspecified atom stereocenters. The molecular formula is C10H14N6S. The first-order valence-corrected chi connectivity index (χ1v) is 6.67. The molecule has 0 bridgehead atoms. The Kier molecular flexibility index (Phi) is 2.62. The Bertz CT molecular complexity index is 518. The molecule has 1 N–H and O–H groups in total. The molecule has 0 spiro atoms. The molecule has 7 heteroatoms. The number of tetrazole rings is 1. The minimum absolute atomic E-state index is 0.331. The van der Waals surface area contributed by atoms with E-state index >= 15 is 0 Å². The summed E-state index contributed by atoms with van der Waals surface area (Å²) in [7, 11) is 0. The van der Waals surface area contributed by atoms with Crippen molar-refractivity contribution in [2.24, 2.45) is 0 Å². The van der Waals surface area contributed by atoms with Crippen LogP contribution in [0.1, 0.15) is 19.8 Å². The maximum atomic E-state index is 4.29. The van der Waals surface area contributed by atoms with Crippen LogP contribution in [-0.4, -0.2) is 42.3 Å². The summed E-state index contributed by atoms with van der Waals surface area (Å²) in [5, 5.41) is 18.8. The van der Waals surface area contributed by atoms with E-state index in [2.05, 4.69) is 32.9 Å². The second-order valence-corrected chi connectivity index (χ2v) is 6.18. The number of fused-ring (bicyclic) bond motifs is 1. The predicted octanol–water partition coefficient (Wildman–Crippen LogP) is 1.22. The standard InChI is InChI=1S/C10H14N6S/c1-10(5-2-6-17-10)7-11-8-3-4-9-12-14-15-16(9)13-8/h3-4H,2,5-7H2,1H3,(H,11,13). The van der Waals surface area contributed by atoms with E-state index in [1.165, 1.54) is 23.2 Å². The van der Waals surface area contributed by atoms with Crippen molar-refractivity contribution in [1.29, 1.82) is 0 Å². The fraction of sp³-hybridized carbons (Fsp3) is 0.600. The smallest absolute Gasteiger partial charge is 0.200 e. The van der Waals surface area contributed by atoms with Crippen LogP contribution in [-0.2, 0) is 0 Å². The second kappa shape index (κ2) is 4.14. The number of hydrogen-bond donors (Lipinski definition) is 1. The molecule has 1 fully saturated rings. The van der Waals surface area contributed by atoms with E-state index in [9.17, 15) is 0 Å². The van der Waals surface area contributed by atoms with E-state index in [1.807, 2.05) is 23.9 Å². The maximum absolute atomic E-state index is 4.29. The predicted molar refractivity (Wildman–Crippen MR) is 67.2 cm³/mol. The van der Waals surface area contributed by atoms with Crippen molar-refractivity contribution in [1.82, 2.24) is 25.3 Å². The van der Waals surface area contributed by atoms with Gasteiger partial charge in [-0.2, -0.15) is 11.8 Å². The third-order valence-electron chi connectivity index (χ3n) is 3.01. The van der Waals surface area contributed by atoms with Gasteiger partial charge in [-0.1, -0.05) is 0 Å². The zero-order chi connectivity index (χ0) is 11.7. The van der Waals surface area contributed by atoms with Gasteiger partial charge in [0.2, 0.25) is 0 Å². The van der Waals surface area contributed by atoms with E-state index in [0.29, 0.717) is 10.4 Å². The zero-order valence-corrected chi connectivity index (χ0v) is 10.4. The molecule has 0 radical (unpaired) electrons. The Balaban J connectivity index is 1.71. The first-order valence-electron chi connectivity index (χ1n) is 5.68. The van der Waals surface area contributed by atoms with Crippen LogP contribution in [0.25, 0.3) is 5.65 Å². The Labute approximate surface area is 103 Å². The highest BCUT2D eigenvalue weighted by molar-refractivity contribution is 8.00. The third kappa shape index (κ3) is 2.19. The number of rotatable bonds is 3. The van der Waals surface area contributed by atoms with Crippen LogP contribution in [0.3, 0.4) is 0 Å². The van der Waals surface area contributed by atoms with Crippen molar-refractivity contribution in [2.75, 3.05) is 17.6 Å². The second-order valence-electron chi connectivity index (χ2n) is 4.50. The minimum atomic E-state index is 0.331. The highest BCUT2D eigenvalue weighted by Crippen LogP contribution is 2.37. The molecule has 6 nitrogen and oxygen atoms in total. The summed E-state index contributed by atoms with van der Waals surface area (Å²) in [4.78, 5) is 0. The molecule has 1 saturated heterocycles. The van der Waals surface area contributed by atoms with Crippen molar-refractivity contribution in [3.8, 4) is 0 Å². The maximum Gasteiger partial charge on any atom is 0.200 e. The molecule has 2 aromatic heterocycles. The van der Waals surface area contributed by atoms with E-state index in [0.717, 1.165) is 12.4 Å². The molecule has 0 saturated carbocycles. The van der Waals surface area contributed by atoms with Crippen LogP contribution in [0.2, 0.25) is 0 Å². The van der Waals surface area contributed by atoms with E-state index in [1.54, 1.807) is 0 Å². The summed E-state index contributed by atoms with van der Waals surface area (Å²) in [6.07, 6.45) is 2.57. The number of hydrogen-bond acceptors (Lipinski definition) is 6. The van der Waals surface area contributed by atoms with Crippen molar-refractivity contribution in [2.45, 2.75) is 24.5 Å². The van der Waals surface area contributed by atoms with Gasteiger partial charge >= 0.3 is 0 Å². The summed E-state index contributed by atoms with van der Waals surface area (Å²) in [6, 6.07) is 3.77. The first-order chi connectivity index (χ1) is 8.25. The Morgan fingerprint density at radius 3 is 3.29 bits per heavy atom. The van der Waals surface area contributed by atoms with Gasteiger partial charge in [-0.25, -0.2) is 0 Å². The average molecular weight is 250 g/mol. The van der Waals surface area contributed by atoms with Crippen molar-refractivity contribution in [3.63, 3.8) is 0 Å². The number of nitrogens with zero attached hydrogens (tertiary/aromatic N) is 5. The molecule has 0 amide bonds. The molecule has 0 aliphatic carbocycles. The summed E-state index contributed by atoms with van der Waals surface area (Å²) >= 11 is 2.03. The first kappa shape index (κ1) is 10.8. The van der Waals surface area contributed by atoms with Gasteiger partial charge in [0.15, 0.2) is 5.65 Å². The lowest BCUT2D eigenvalue weighted by molar-refractivity contribution is 0.631. The molecule has 2 aromatic rings. The van der Waals surface area contributed by atoms with Gasteiger partial charge in [-0.15, -0.1) is 14.8 Å². The molecular weight excluding hydrogens is 236 g/mol. The summed E-state index contributed by atoms with van der Waals surface area (Å²) < 4.78 is 1.77. The molecule has 0 aromatic carbocycles. The van der Waals surface area contributed by atoms with Gasteiger partial charge in [0.05, 0.1) is 0 Å². The molecule has 1 aliphatic heterocycles. The highest BCUT2D eigenvalue weighted by Gasteiger charge is 2.29. The summed E-state index contributed by atoms with van der Waals surface area (Å²) in [5.74, 6) is 2.08. The number of aromatic nitrogens is 5. The summed E-state index contributed by atoms with van der Waals surface area (Å²) in [5.41, 5.74) is 0.664. The lowest BCUT2D eigenvalue weighted by Gasteiger charge is -2.22. The molecule has 3 rings (SSSR count). The largest absolute Gasteiger partial charge is 0.367 e. The Morgan fingerprint density at radius 2 is 2.47 bits per heavy atom. The molecule has 90 valence electrons. The number of nitrogens with one attached hydrogen (secondary N) is 1. The van der Waals surface area contributed by atoms with Crippen LogP contribution < -0.4 is 5.32 Å². The quantitative estimate of drug-likeness (QED) is 0.883. The SMILES string of the molecule is CC1(CNc2ccc3nnnn3n2)CCCS1. The van der Waals surface area contributed by atoms with Gasteiger partial charge in [0, 0.05) is 11.3 Å². The average Bonchev–Trinajstić information content (AvgIpc) is 2.95. The number of anilines is 1. The molecule has 1 aliphatic rings. The van der Waals surface area contributed by atoms with Crippen LogP contribution in [0, 0.1) is 0 Å². The van der Waals surface area contributed by atoms with Crippen molar-refractivity contribution < 1.29 is 0 Å². The zero-order valence-electron chi connectivity index (χ0n) is 9.63. The lowest BCUT2D eigenvalue weighted by Crippen LogP contribution is -2.27. The summed E-state index contributed by atoms with van der Waals surface area (Å²) in [6.45, 7) is 3.23. The monoisotopic (exact) mass is 250 g/mol. The van der Waals surface area contributed by atoms with E-state index in [4.69, 9.17) is 0 Å². The fourth-order valence-corrected chi connectivity index (χ4v) is 3.24. The topological polar surface area (TPSA) is 68.0 Å². The van der Waals surface area contributed by atoms with Crippen molar-refractivity contribution >= 4 is 23.2 Å². The van der Waals surface area contributed by atoms with E-state index < -0.39 is 0 Å². The lowest BCUT2D eigenvalue weighted by atomic mass is 10.1. The van der Waals surface area contributed by atoms with Gasteiger partial charge < -0.3 is 5.32 Å². The van der Waals surface area contributed by atoms with Gasteiger partial charge in [0.1, 0.15) is 5.82 Å². The fourth-order valence-electron chi connectivity index (χ4n) is 2.00. The van der Waals surface area contributed by atoms with Gasteiger partial charge in [0.25, 0.3) is 0 Å². The molecule has 3 heterocycles. The minimum Gasteiger partial charge on any atom is -0.367 e. The normalized spacial score (nSPS) is 24.3. The Hall–Kier alpha value is -1.37. The molecule has 1 atom stereocenters. The third-order valence-corrected chi connectivity index (χ3v) is 4.55. The highest BCUT2D eigenvalue weighted by atomic mass is 32.2. The van der Waals surface area contributed by atoms with Crippen LogP contribution >= 0.6 is 11.8 Å². The Morgan fingerprint density at radius 1 is 1.53 bits per heavy atom. The number of thioether (sulfide) groups is 1. The van der Waals surface area contributed by atoms with Crippen LogP contribution in [0.5, 0.6) is 0 Å². The van der Waals surface area contributed by atoms with Gasteiger partial charge in [-0.05, 0) is 48.1 Å². The molecule has 17 heavy (non-hydrogen) atoms. The van der Waals surface area contributed by atoms with E-state index in [-0.39, 0.29) is 0 Å². The van der Waals surface area contributed by atoms with Gasteiger partial charge in [-0.3, -0.25) is 0 Å².